The SMILES string of the molecule is N=C(N=C(N)N)N1CCN(c2ccncc2)CC1. The molecule has 1 fully saturated rings. The Bertz CT molecular complexity index is 430. The highest BCUT2D eigenvalue weighted by atomic mass is 15.3. The number of aliphatic imine (C=N–C) groups is 1. The smallest absolute Gasteiger partial charge is 0.221 e. The number of hydrogen-bond donors (Lipinski definition) is 3. The van der Waals surface area contributed by atoms with Crippen LogP contribution in [0.4, 0.5) is 5.69 Å². The molecule has 0 saturated carbocycles. The lowest BCUT2D eigenvalue weighted by Crippen LogP contribution is -2.48. The molecule has 2 rings (SSSR count). The third kappa shape index (κ3) is 2.88. The highest BCUT2D eigenvalue weighted by Gasteiger charge is 2.18. The molecule has 2 heterocycles. The predicted octanol–water partition coefficient (Wildman–Crippen LogP) is -0.588. The number of nitrogens with zero attached hydrogens (tertiary/aromatic N) is 4. The van der Waals surface area contributed by atoms with Crippen molar-refractivity contribution < 1.29 is 0 Å². The second kappa shape index (κ2) is 5.35. The molecule has 7 heteroatoms. The molecule has 0 atom stereocenters. The summed E-state index contributed by atoms with van der Waals surface area (Å²) in [5.41, 5.74) is 11.7. The molecule has 1 aliphatic heterocycles. The van der Waals surface area contributed by atoms with Gasteiger partial charge in [-0.05, 0) is 12.1 Å². The topological polar surface area (TPSA) is 108 Å². The van der Waals surface area contributed by atoms with Crippen LogP contribution in [-0.4, -0.2) is 48.0 Å². The first-order valence-electron chi connectivity index (χ1n) is 5.75. The predicted molar refractivity (Wildman–Crippen MR) is 71.6 cm³/mol. The summed E-state index contributed by atoms with van der Waals surface area (Å²) in [4.78, 5) is 11.9. The zero-order chi connectivity index (χ0) is 13.0. The van der Waals surface area contributed by atoms with Crippen molar-refractivity contribution in [1.82, 2.24) is 9.88 Å². The number of hydrogen-bond acceptors (Lipinski definition) is 3. The van der Waals surface area contributed by atoms with E-state index in [-0.39, 0.29) is 11.9 Å². The van der Waals surface area contributed by atoms with Gasteiger partial charge in [0, 0.05) is 44.3 Å². The molecule has 7 nitrogen and oxygen atoms in total. The first-order chi connectivity index (χ1) is 8.66. The van der Waals surface area contributed by atoms with Crippen molar-refractivity contribution in [1.29, 1.82) is 5.41 Å². The van der Waals surface area contributed by atoms with Crippen LogP contribution in [0.5, 0.6) is 0 Å². The van der Waals surface area contributed by atoms with Gasteiger partial charge in [0.1, 0.15) is 0 Å². The van der Waals surface area contributed by atoms with Gasteiger partial charge in [-0.25, -0.2) is 0 Å². The summed E-state index contributed by atoms with van der Waals surface area (Å²) in [7, 11) is 0. The van der Waals surface area contributed by atoms with E-state index in [1.165, 1.54) is 0 Å². The molecule has 1 aliphatic rings. The standard InChI is InChI=1S/C11H17N7/c12-10(13)16-11(14)18-7-5-17(6-8-18)9-1-3-15-4-2-9/h1-4H,5-8H2,(H5,12,13,14,16). The molecular formula is C11H17N7. The van der Waals surface area contributed by atoms with Crippen LogP contribution in [-0.2, 0) is 0 Å². The third-order valence-corrected chi connectivity index (χ3v) is 2.84. The Balaban J connectivity index is 1.93. The minimum Gasteiger partial charge on any atom is -0.370 e. The maximum atomic E-state index is 7.73. The van der Waals surface area contributed by atoms with E-state index in [9.17, 15) is 0 Å². The van der Waals surface area contributed by atoms with Crippen LogP contribution in [0.2, 0.25) is 0 Å². The quantitative estimate of drug-likeness (QED) is 0.454. The maximum Gasteiger partial charge on any atom is 0.221 e. The number of anilines is 1. The van der Waals surface area contributed by atoms with Crippen molar-refractivity contribution in [2.75, 3.05) is 31.1 Å². The number of rotatable bonds is 1. The van der Waals surface area contributed by atoms with Crippen LogP contribution in [0, 0.1) is 5.41 Å². The van der Waals surface area contributed by atoms with E-state index >= 15 is 0 Å². The van der Waals surface area contributed by atoms with Gasteiger partial charge in [0.25, 0.3) is 0 Å². The van der Waals surface area contributed by atoms with Crippen LogP contribution in [0.25, 0.3) is 0 Å². The molecule has 0 amide bonds. The van der Waals surface area contributed by atoms with Crippen molar-refractivity contribution in [2.24, 2.45) is 16.5 Å². The Morgan fingerprint density at radius 2 is 1.78 bits per heavy atom. The second-order valence-corrected chi connectivity index (χ2v) is 4.04. The van der Waals surface area contributed by atoms with Gasteiger partial charge < -0.3 is 21.3 Å². The first-order valence-corrected chi connectivity index (χ1v) is 5.75. The number of nitrogens with one attached hydrogen (secondary N) is 1. The third-order valence-electron chi connectivity index (χ3n) is 2.84. The van der Waals surface area contributed by atoms with E-state index in [0.29, 0.717) is 0 Å². The number of piperazine rings is 1. The Morgan fingerprint density at radius 1 is 1.17 bits per heavy atom. The Morgan fingerprint density at radius 3 is 2.33 bits per heavy atom. The number of pyridine rings is 1. The highest BCUT2D eigenvalue weighted by molar-refractivity contribution is 5.91. The van der Waals surface area contributed by atoms with Gasteiger partial charge in [0.15, 0.2) is 5.96 Å². The van der Waals surface area contributed by atoms with Gasteiger partial charge in [-0.1, -0.05) is 0 Å². The average molecular weight is 247 g/mol. The fourth-order valence-corrected chi connectivity index (χ4v) is 1.92. The van der Waals surface area contributed by atoms with Crippen molar-refractivity contribution in [3.8, 4) is 0 Å². The minimum atomic E-state index is -0.0726. The maximum absolute atomic E-state index is 7.73. The molecule has 0 aromatic carbocycles. The molecule has 5 N–H and O–H groups in total. The molecule has 0 aliphatic carbocycles. The zero-order valence-corrected chi connectivity index (χ0v) is 10.1. The van der Waals surface area contributed by atoms with Crippen molar-refractivity contribution >= 4 is 17.6 Å². The molecule has 18 heavy (non-hydrogen) atoms. The molecule has 1 aromatic heterocycles. The van der Waals surface area contributed by atoms with Crippen LogP contribution in [0.1, 0.15) is 0 Å². The van der Waals surface area contributed by atoms with Crippen molar-refractivity contribution in [3.63, 3.8) is 0 Å². The molecule has 1 saturated heterocycles. The van der Waals surface area contributed by atoms with Crippen LogP contribution in [0.3, 0.4) is 0 Å². The number of aromatic nitrogens is 1. The van der Waals surface area contributed by atoms with E-state index in [0.717, 1.165) is 31.9 Å². The van der Waals surface area contributed by atoms with Gasteiger partial charge in [0.2, 0.25) is 5.96 Å². The summed E-state index contributed by atoms with van der Waals surface area (Å²) in [6, 6.07) is 3.97. The Labute approximate surface area is 106 Å². The van der Waals surface area contributed by atoms with E-state index in [4.69, 9.17) is 16.9 Å². The van der Waals surface area contributed by atoms with E-state index in [1.54, 1.807) is 12.4 Å². The van der Waals surface area contributed by atoms with E-state index in [2.05, 4.69) is 14.9 Å². The summed E-state index contributed by atoms with van der Waals surface area (Å²) >= 11 is 0. The fraction of sp³-hybridized carbons (Fsp3) is 0.364. The molecule has 0 radical (unpaired) electrons. The van der Waals surface area contributed by atoms with Crippen molar-refractivity contribution in [2.45, 2.75) is 0 Å². The molecular weight excluding hydrogens is 230 g/mol. The first kappa shape index (κ1) is 12.2. The Kier molecular flexibility index (Phi) is 3.61. The molecule has 1 aromatic rings. The monoisotopic (exact) mass is 247 g/mol. The lowest BCUT2D eigenvalue weighted by Gasteiger charge is -2.36. The minimum absolute atomic E-state index is 0.0726. The highest BCUT2D eigenvalue weighted by Crippen LogP contribution is 2.14. The zero-order valence-electron chi connectivity index (χ0n) is 10.1. The fourth-order valence-electron chi connectivity index (χ4n) is 1.92. The van der Waals surface area contributed by atoms with Crippen molar-refractivity contribution in [3.05, 3.63) is 24.5 Å². The van der Waals surface area contributed by atoms with Crippen LogP contribution >= 0.6 is 0 Å². The summed E-state index contributed by atoms with van der Waals surface area (Å²) in [5.74, 6) is 0.0564. The summed E-state index contributed by atoms with van der Waals surface area (Å²) < 4.78 is 0. The van der Waals surface area contributed by atoms with Gasteiger partial charge in [-0.3, -0.25) is 10.4 Å². The largest absolute Gasteiger partial charge is 0.370 e. The van der Waals surface area contributed by atoms with Crippen LogP contribution < -0.4 is 16.4 Å². The molecule has 96 valence electrons. The van der Waals surface area contributed by atoms with E-state index < -0.39 is 0 Å². The summed E-state index contributed by atoms with van der Waals surface area (Å²) in [6.07, 6.45) is 3.56. The summed E-state index contributed by atoms with van der Waals surface area (Å²) in [6.45, 7) is 3.15. The lowest BCUT2D eigenvalue weighted by atomic mass is 10.3. The molecule has 0 spiro atoms. The van der Waals surface area contributed by atoms with Crippen LogP contribution in [0.15, 0.2) is 29.5 Å². The normalized spacial score (nSPS) is 15.3. The second-order valence-electron chi connectivity index (χ2n) is 4.04. The average Bonchev–Trinajstić information content (AvgIpc) is 2.39. The lowest BCUT2D eigenvalue weighted by molar-refractivity contribution is 0.380. The van der Waals surface area contributed by atoms with Gasteiger partial charge in [-0.15, -0.1) is 0 Å². The molecule has 0 bridgehead atoms. The number of guanidine groups is 2. The van der Waals surface area contributed by atoms with E-state index in [1.807, 2.05) is 17.0 Å². The van der Waals surface area contributed by atoms with Gasteiger partial charge in [0.05, 0.1) is 0 Å². The Hall–Kier alpha value is -2.31. The van der Waals surface area contributed by atoms with Gasteiger partial charge >= 0.3 is 0 Å². The number of nitrogens with two attached hydrogens (primary N) is 2. The van der Waals surface area contributed by atoms with Gasteiger partial charge in [-0.2, -0.15) is 4.99 Å². The molecule has 0 unspecified atom stereocenters. The summed E-state index contributed by atoms with van der Waals surface area (Å²) in [5, 5.41) is 7.73.